The van der Waals surface area contributed by atoms with E-state index in [0.717, 1.165) is 0 Å². The molecule has 116 valence electrons. The van der Waals surface area contributed by atoms with Crippen molar-refractivity contribution in [2.24, 2.45) is 0 Å². The predicted molar refractivity (Wildman–Crippen MR) is 85.9 cm³/mol. The minimum atomic E-state index is -0.541. The Morgan fingerprint density at radius 2 is 2.00 bits per heavy atom. The van der Waals surface area contributed by atoms with E-state index >= 15 is 0 Å². The highest BCUT2D eigenvalue weighted by atomic mass is 79.9. The largest absolute Gasteiger partial charge is 0.488 e. The second-order valence-electron chi connectivity index (χ2n) is 4.42. The fourth-order valence-corrected chi connectivity index (χ4v) is 2.24. The summed E-state index contributed by atoms with van der Waals surface area (Å²) in [5.74, 6) is -0.739. The van der Waals surface area contributed by atoms with Crippen LogP contribution in [0.4, 0.5) is 10.1 Å². The van der Waals surface area contributed by atoms with Crippen LogP contribution in [-0.2, 0) is 4.74 Å². The summed E-state index contributed by atoms with van der Waals surface area (Å²) in [5.41, 5.74) is 0.834. The zero-order chi connectivity index (χ0) is 15.9. The summed E-state index contributed by atoms with van der Waals surface area (Å²) in [7, 11) is 1.54. The maximum absolute atomic E-state index is 13.9. The fraction of sp³-hybridized carbons (Fsp3) is 0.188. The third kappa shape index (κ3) is 4.29. The third-order valence-electron chi connectivity index (χ3n) is 2.85. The van der Waals surface area contributed by atoms with Crippen LogP contribution in [0, 0.1) is 5.82 Å². The van der Waals surface area contributed by atoms with Crippen LogP contribution in [0.1, 0.15) is 10.4 Å². The van der Waals surface area contributed by atoms with Crippen LogP contribution in [0.2, 0.25) is 0 Å². The molecule has 1 amide bonds. The quantitative estimate of drug-likeness (QED) is 0.788. The fourth-order valence-electron chi connectivity index (χ4n) is 1.77. The van der Waals surface area contributed by atoms with Crippen LogP contribution in [0.3, 0.4) is 0 Å². The lowest BCUT2D eigenvalue weighted by atomic mass is 10.2. The van der Waals surface area contributed by atoms with Crippen molar-refractivity contribution in [3.63, 3.8) is 0 Å². The molecule has 0 saturated heterocycles. The van der Waals surface area contributed by atoms with Gasteiger partial charge in [0.05, 0.1) is 12.2 Å². The van der Waals surface area contributed by atoms with Crippen LogP contribution in [0.5, 0.6) is 5.75 Å². The highest BCUT2D eigenvalue weighted by molar-refractivity contribution is 9.10. The van der Waals surface area contributed by atoms with E-state index in [1.165, 1.54) is 12.1 Å². The first-order valence-corrected chi connectivity index (χ1v) is 7.38. The maximum atomic E-state index is 13.9. The van der Waals surface area contributed by atoms with Crippen LogP contribution >= 0.6 is 15.9 Å². The van der Waals surface area contributed by atoms with Gasteiger partial charge in [-0.05, 0) is 40.2 Å². The normalized spacial score (nSPS) is 10.3. The number of rotatable bonds is 6. The SMILES string of the molecule is COCCOc1ccc(NC(=O)c2ccccc2Br)cc1F. The molecule has 4 nitrogen and oxygen atoms in total. The molecule has 0 fully saturated rings. The van der Waals surface area contributed by atoms with Crippen molar-refractivity contribution in [2.45, 2.75) is 0 Å². The molecule has 22 heavy (non-hydrogen) atoms. The van der Waals surface area contributed by atoms with Gasteiger partial charge in [0.15, 0.2) is 11.6 Å². The van der Waals surface area contributed by atoms with Gasteiger partial charge in [-0.25, -0.2) is 4.39 Å². The lowest BCUT2D eigenvalue weighted by Crippen LogP contribution is -2.13. The van der Waals surface area contributed by atoms with Gasteiger partial charge in [-0.15, -0.1) is 0 Å². The van der Waals surface area contributed by atoms with E-state index in [0.29, 0.717) is 22.3 Å². The summed E-state index contributed by atoms with van der Waals surface area (Å²) in [6.07, 6.45) is 0. The number of amides is 1. The Bertz CT molecular complexity index is 664. The summed E-state index contributed by atoms with van der Waals surface area (Å²) in [4.78, 5) is 12.1. The smallest absolute Gasteiger partial charge is 0.256 e. The van der Waals surface area contributed by atoms with Crippen LogP contribution in [0.15, 0.2) is 46.9 Å². The van der Waals surface area contributed by atoms with Crippen molar-refractivity contribution < 1.29 is 18.7 Å². The number of carbonyl (C=O) groups excluding carboxylic acids is 1. The first-order valence-electron chi connectivity index (χ1n) is 6.59. The van der Waals surface area contributed by atoms with Gasteiger partial charge >= 0.3 is 0 Å². The van der Waals surface area contributed by atoms with Crippen molar-refractivity contribution in [2.75, 3.05) is 25.6 Å². The number of hydrogen-bond acceptors (Lipinski definition) is 3. The molecular weight excluding hydrogens is 353 g/mol. The number of hydrogen-bond donors (Lipinski definition) is 1. The summed E-state index contributed by atoms with van der Waals surface area (Å²) >= 11 is 3.30. The Morgan fingerprint density at radius 3 is 2.68 bits per heavy atom. The van der Waals surface area contributed by atoms with Gasteiger partial charge in [0.25, 0.3) is 5.91 Å². The van der Waals surface area contributed by atoms with Gasteiger partial charge < -0.3 is 14.8 Å². The molecular formula is C16H15BrFNO3. The minimum absolute atomic E-state index is 0.121. The number of halogens is 2. The second-order valence-corrected chi connectivity index (χ2v) is 5.27. The Hall–Kier alpha value is -1.92. The number of benzene rings is 2. The van der Waals surface area contributed by atoms with E-state index in [1.54, 1.807) is 31.4 Å². The molecule has 0 spiro atoms. The maximum Gasteiger partial charge on any atom is 0.256 e. The molecule has 0 unspecified atom stereocenters. The van der Waals surface area contributed by atoms with Crippen molar-refractivity contribution in [1.82, 2.24) is 0 Å². The van der Waals surface area contributed by atoms with E-state index in [1.807, 2.05) is 6.07 Å². The van der Waals surface area contributed by atoms with Crippen LogP contribution < -0.4 is 10.1 Å². The van der Waals surface area contributed by atoms with Gasteiger partial charge in [0.1, 0.15) is 6.61 Å². The second kappa shape index (κ2) is 7.91. The average Bonchev–Trinajstić information content (AvgIpc) is 2.50. The molecule has 2 aromatic carbocycles. The number of carbonyl (C=O) groups is 1. The zero-order valence-electron chi connectivity index (χ0n) is 11.9. The number of methoxy groups -OCH3 is 1. The number of anilines is 1. The lowest BCUT2D eigenvalue weighted by molar-refractivity contribution is 0.102. The van der Waals surface area contributed by atoms with E-state index in [4.69, 9.17) is 9.47 Å². The molecule has 0 aliphatic heterocycles. The van der Waals surface area contributed by atoms with Crippen molar-refractivity contribution in [3.8, 4) is 5.75 Å². The van der Waals surface area contributed by atoms with Crippen molar-refractivity contribution in [1.29, 1.82) is 0 Å². The zero-order valence-corrected chi connectivity index (χ0v) is 13.5. The van der Waals surface area contributed by atoms with Crippen LogP contribution in [-0.4, -0.2) is 26.2 Å². The van der Waals surface area contributed by atoms with Gasteiger partial charge in [0, 0.05) is 23.3 Å². The summed E-state index contributed by atoms with van der Waals surface area (Å²) < 4.78 is 24.6. The van der Waals surface area contributed by atoms with E-state index in [9.17, 15) is 9.18 Å². The molecule has 1 N–H and O–H groups in total. The molecule has 0 saturated carbocycles. The average molecular weight is 368 g/mol. The lowest BCUT2D eigenvalue weighted by Gasteiger charge is -2.10. The Morgan fingerprint density at radius 1 is 1.23 bits per heavy atom. The molecule has 0 aliphatic rings. The van der Waals surface area contributed by atoms with Gasteiger partial charge in [-0.1, -0.05) is 12.1 Å². The third-order valence-corrected chi connectivity index (χ3v) is 3.54. The predicted octanol–water partition coefficient (Wildman–Crippen LogP) is 3.87. The van der Waals surface area contributed by atoms with E-state index in [2.05, 4.69) is 21.2 Å². The molecule has 0 aromatic heterocycles. The molecule has 6 heteroatoms. The van der Waals surface area contributed by atoms with Gasteiger partial charge in [-0.2, -0.15) is 0 Å². The first kappa shape index (κ1) is 16.5. The summed E-state index contributed by atoms with van der Waals surface area (Å²) in [5, 5.41) is 2.65. The highest BCUT2D eigenvalue weighted by Gasteiger charge is 2.11. The molecule has 0 radical (unpaired) electrons. The molecule has 2 aromatic rings. The monoisotopic (exact) mass is 367 g/mol. The standard InChI is InChI=1S/C16H15BrFNO3/c1-21-8-9-22-15-7-6-11(10-14(15)18)19-16(20)12-4-2-3-5-13(12)17/h2-7,10H,8-9H2,1H3,(H,19,20). The number of ether oxygens (including phenoxy) is 2. The molecule has 0 bridgehead atoms. The minimum Gasteiger partial charge on any atom is -0.488 e. The molecule has 0 aliphatic carbocycles. The Labute approximate surface area is 136 Å². The Balaban J connectivity index is 2.06. The van der Waals surface area contributed by atoms with Crippen LogP contribution in [0.25, 0.3) is 0 Å². The highest BCUT2D eigenvalue weighted by Crippen LogP contribution is 2.23. The van der Waals surface area contributed by atoms with E-state index < -0.39 is 5.82 Å². The van der Waals surface area contributed by atoms with Crippen molar-refractivity contribution >= 4 is 27.5 Å². The Kier molecular flexibility index (Phi) is 5.91. The summed E-state index contributed by atoms with van der Waals surface area (Å²) in [6, 6.07) is 11.3. The molecule has 0 atom stereocenters. The molecule has 0 heterocycles. The van der Waals surface area contributed by atoms with Crippen molar-refractivity contribution in [3.05, 3.63) is 58.3 Å². The topological polar surface area (TPSA) is 47.6 Å². The number of nitrogens with one attached hydrogen (secondary N) is 1. The summed E-state index contributed by atoms with van der Waals surface area (Å²) in [6.45, 7) is 0.635. The van der Waals surface area contributed by atoms with Gasteiger partial charge in [-0.3, -0.25) is 4.79 Å². The molecule has 2 rings (SSSR count). The van der Waals surface area contributed by atoms with Gasteiger partial charge in [0.2, 0.25) is 0 Å². The van der Waals surface area contributed by atoms with E-state index in [-0.39, 0.29) is 18.3 Å². The first-order chi connectivity index (χ1) is 10.6.